The van der Waals surface area contributed by atoms with E-state index < -0.39 is 0 Å². The molecule has 52 valence electrons. The molecule has 9 heavy (non-hydrogen) atoms. The average Bonchev–Trinajstić information content (AvgIpc) is 1.84. The van der Waals surface area contributed by atoms with Gasteiger partial charge in [0.1, 0.15) is 0 Å². The van der Waals surface area contributed by atoms with Crippen LogP contribution >= 0.6 is 0 Å². The zero-order valence-corrected chi connectivity index (χ0v) is 9.02. The first-order chi connectivity index (χ1) is 3.72. The maximum absolute atomic E-state index is 8.64. The molecular weight excluding hydrogens is 123 g/mol. The van der Waals surface area contributed by atoms with Gasteiger partial charge in [-0.05, 0) is 11.8 Å². The topological polar surface area (TPSA) is 20.2 Å². The Balaban J connectivity index is -0.000000245. The molecule has 0 rings (SSSR count). The molecule has 0 fully saturated rings. The van der Waals surface area contributed by atoms with Crippen molar-refractivity contribution in [3.63, 3.8) is 0 Å². The predicted octanol–water partition coefficient (Wildman–Crippen LogP) is -1.22. The second-order valence-corrected chi connectivity index (χ2v) is 2.55. The van der Waals surface area contributed by atoms with Crippen molar-refractivity contribution in [1.82, 2.24) is 0 Å². The molecule has 0 aromatic rings. The van der Waals surface area contributed by atoms with Gasteiger partial charge in [0.05, 0.1) is 0 Å². The number of rotatable bonds is 3. The molecule has 0 heterocycles. The van der Waals surface area contributed by atoms with Crippen LogP contribution in [0.15, 0.2) is 0 Å². The first kappa shape index (κ1) is 12.6. The largest absolute Gasteiger partial charge is 1.00 e. The summed E-state index contributed by atoms with van der Waals surface area (Å²) in [5.74, 6) is 1.14. The summed E-state index contributed by atoms with van der Waals surface area (Å²) in [4.78, 5) is 0. The third-order valence-electron chi connectivity index (χ3n) is 1.90. The summed E-state index contributed by atoms with van der Waals surface area (Å²) in [6.07, 6.45) is 1.17. The van der Waals surface area contributed by atoms with E-state index in [1.807, 2.05) is 0 Å². The van der Waals surface area contributed by atoms with E-state index in [0.717, 1.165) is 0 Å². The molecule has 0 bridgehead atoms. The Labute approximate surface area is 81.6 Å². The molecule has 2 unspecified atom stereocenters. The van der Waals surface area contributed by atoms with E-state index in [2.05, 4.69) is 20.8 Å². The Morgan fingerprint density at radius 2 is 1.78 bits per heavy atom. The summed E-state index contributed by atoms with van der Waals surface area (Å²) in [6.45, 7) is 6.72. The Bertz CT molecular complexity index is 53.6. The van der Waals surface area contributed by atoms with Crippen molar-refractivity contribution in [3.05, 3.63) is 0 Å². The van der Waals surface area contributed by atoms with Gasteiger partial charge in [0.15, 0.2) is 0 Å². The number of hydrogen-bond acceptors (Lipinski definition) is 1. The molecule has 0 aromatic carbocycles. The molecular formula is C7H17NaO. The fourth-order valence-electron chi connectivity index (χ4n) is 0.582. The van der Waals surface area contributed by atoms with Crippen molar-refractivity contribution in [2.75, 3.05) is 6.61 Å². The molecule has 0 saturated carbocycles. The Morgan fingerprint density at radius 3 is 1.89 bits per heavy atom. The summed E-state index contributed by atoms with van der Waals surface area (Å²) >= 11 is 0. The SMILES string of the molecule is CCC(C)C(C)CO.[H-].[Na+]. The minimum Gasteiger partial charge on any atom is -1.00 e. The average molecular weight is 140 g/mol. The van der Waals surface area contributed by atoms with Gasteiger partial charge in [-0.1, -0.05) is 27.2 Å². The van der Waals surface area contributed by atoms with Gasteiger partial charge < -0.3 is 6.53 Å². The van der Waals surface area contributed by atoms with Gasteiger partial charge in [-0.2, -0.15) is 0 Å². The molecule has 0 aromatic heterocycles. The quantitative estimate of drug-likeness (QED) is 0.487. The summed E-state index contributed by atoms with van der Waals surface area (Å²) in [5, 5.41) is 8.64. The zero-order chi connectivity index (χ0) is 6.57. The van der Waals surface area contributed by atoms with E-state index in [4.69, 9.17) is 5.11 Å². The van der Waals surface area contributed by atoms with Crippen LogP contribution in [0.5, 0.6) is 0 Å². The second-order valence-electron chi connectivity index (χ2n) is 2.55. The normalized spacial score (nSPS) is 16.0. The molecule has 0 amide bonds. The smallest absolute Gasteiger partial charge is 1.00 e. The van der Waals surface area contributed by atoms with Crippen molar-refractivity contribution in [3.8, 4) is 0 Å². The fraction of sp³-hybridized carbons (Fsp3) is 1.00. The van der Waals surface area contributed by atoms with Crippen LogP contribution in [-0.2, 0) is 0 Å². The summed E-state index contributed by atoms with van der Waals surface area (Å²) in [6, 6.07) is 0. The Hall–Kier alpha value is 0.960. The standard InChI is InChI=1S/C7H16O.Na.H/c1-4-6(2)7(3)5-8;;/h6-8H,4-5H2,1-3H3;;/q;+1;-1. The summed E-state index contributed by atoms with van der Waals surface area (Å²) in [7, 11) is 0. The third-order valence-corrected chi connectivity index (χ3v) is 1.90. The van der Waals surface area contributed by atoms with E-state index in [0.29, 0.717) is 18.4 Å². The van der Waals surface area contributed by atoms with Crippen LogP contribution in [-0.4, -0.2) is 11.7 Å². The van der Waals surface area contributed by atoms with Crippen molar-refractivity contribution >= 4 is 0 Å². The van der Waals surface area contributed by atoms with Crippen LogP contribution in [0.25, 0.3) is 0 Å². The van der Waals surface area contributed by atoms with E-state index in [1.165, 1.54) is 6.42 Å². The fourth-order valence-corrected chi connectivity index (χ4v) is 0.582. The van der Waals surface area contributed by atoms with Crippen LogP contribution in [0.3, 0.4) is 0 Å². The van der Waals surface area contributed by atoms with Crippen LogP contribution < -0.4 is 29.6 Å². The maximum Gasteiger partial charge on any atom is 1.00 e. The van der Waals surface area contributed by atoms with Crippen LogP contribution in [0.2, 0.25) is 0 Å². The van der Waals surface area contributed by atoms with Gasteiger partial charge >= 0.3 is 29.6 Å². The van der Waals surface area contributed by atoms with E-state index in [1.54, 1.807) is 0 Å². The van der Waals surface area contributed by atoms with E-state index in [9.17, 15) is 0 Å². The monoisotopic (exact) mass is 140 g/mol. The van der Waals surface area contributed by atoms with Gasteiger partial charge in [0, 0.05) is 6.61 Å². The van der Waals surface area contributed by atoms with Gasteiger partial charge in [0.2, 0.25) is 0 Å². The van der Waals surface area contributed by atoms with Gasteiger partial charge in [-0.25, -0.2) is 0 Å². The van der Waals surface area contributed by atoms with Gasteiger partial charge in [-0.3, -0.25) is 0 Å². The van der Waals surface area contributed by atoms with Crippen molar-refractivity contribution in [2.24, 2.45) is 11.8 Å². The first-order valence-electron chi connectivity index (χ1n) is 3.33. The molecule has 0 spiro atoms. The van der Waals surface area contributed by atoms with Crippen molar-refractivity contribution < 1.29 is 36.1 Å². The molecule has 0 aliphatic carbocycles. The number of aliphatic hydroxyl groups excluding tert-OH is 1. The van der Waals surface area contributed by atoms with Gasteiger partial charge in [0.25, 0.3) is 0 Å². The Morgan fingerprint density at radius 1 is 1.33 bits per heavy atom. The maximum atomic E-state index is 8.64. The van der Waals surface area contributed by atoms with Crippen LogP contribution in [0.1, 0.15) is 28.6 Å². The zero-order valence-electron chi connectivity index (χ0n) is 8.02. The molecule has 0 aliphatic heterocycles. The Kier molecular flexibility index (Phi) is 9.92. The minimum atomic E-state index is 0. The van der Waals surface area contributed by atoms with Gasteiger partial charge in [-0.15, -0.1) is 0 Å². The molecule has 0 aliphatic rings. The molecule has 0 saturated heterocycles. The van der Waals surface area contributed by atoms with Crippen molar-refractivity contribution in [1.29, 1.82) is 0 Å². The first-order valence-corrected chi connectivity index (χ1v) is 3.33. The minimum absolute atomic E-state index is 0. The molecule has 2 atom stereocenters. The van der Waals surface area contributed by atoms with E-state index >= 15 is 0 Å². The predicted molar refractivity (Wildman–Crippen MR) is 36.8 cm³/mol. The summed E-state index contributed by atoms with van der Waals surface area (Å²) in [5.41, 5.74) is 0. The molecule has 1 nitrogen and oxygen atoms in total. The van der Waals surface area contributed by atoms with Crippen LogP contribution in [0, 0.1) is 11.8 Å². The number of hydrogen-bond donors (Lipinski definition) is 1. The van der Waals surface area contributed by atoms with E-state index in [-0.39, 0.29) is 31.0 Å². The summed E-state index contributed by atoms with van der Waals surface area (Å²) < 4.78 is 0. The van der Waals surface area contributed by atoms with Crippen LogP contribution in [0.4, 0.5) is 0 Å². The van der Waals surface area contributed by atoms with Crippen molar-refractivity contribution in [2.45, 2.75) is 27.2 Å². The third kappa shape index (κ3) is 5.41. The molecule has 0 radical (unpaired) electrons. The molecule has 2 heteroatoms. The number of aliphatic hydroxyl groups is 1. The molecule has 1 N–H and O–H groups in total. The second kappa shape index (κ2) is 7.07.